The van der Waals surface area contributed by atoms with Gasteiger partial charge in [-0.05, 0) is 0 Å². The van der Waals surface area contributed by atoms with Crippen LogP contribution in [0.15, 0.2) is 0 Å². The van der Waals surface area contributed by atoms with Gasteiger partial charge in [-0.15, -0.1) is 0 Å². The fraction of sp³-hybridized carbons (Fsp3) is 0.750. The third-order valence-corrected chi connectivity index (χ3v) is 3.77. The molecule has 0 bridgehead atoms. The average Bonchev–Trinajstić information content (AvgIpc) is 2.20. The Hall–Kier alpha value is -0.440. The summed E-state index contributed by atoms with van der Waals surface area (Å²) < 4.78 is 0. The standard InChI is InChI=1S/C8H16N2O4S2/c11-7(12)5-9-1-3-15-16-4-2-10-6-8(13)14/h9-10H,1-6H2,(H,11,12)(H,13,14). The van der Waals surface area contributed by atoms with Crippen LogP contribution in [0.5, 0.6) is 0 Å². The quantitative estimate of drug-likeness (QED) is 0.300. The fourth-order valence-electron chi connectivity index (χ4n) is 0.736. The van der Waals surface area contributed by atoms with E-state index in [4.69, 9.17) is 10.2 Å². The van der Waals surface area contributed by atoms with E-state index in [2.05, 4.69) is 10.6 Å². The lowest BCUT2D eigenvalue weighted by atomic mass is 10.6. The van der Waals surface area contributed by atoms with Crippen LogP contribution in [0, 0.1) is 0 Å². The molecule has 0 heterocycles. The minimum atomic E-state index is -0.851. The molecule has 0 aromatic heterocycles. The van der Waals surface area contributed by atoms with E-state index < -0.39 is 11.9 Å². The Morgan fingerprint density at radius 3 is 1.56 bits per heavy atom. The van der Waals surface area contributed by atoms with Gasteiger partial charge in [0.25, 0.3) is 0 Å². The molecule has 0 aromatic carbocycles. The molecule has 0 rings (SSSR count). The minimum absolute atomic E-state index is 0.00854. The van der Waals surface area contributed by atoms with Crippen molar-refractivity contribution in [1.82, 2.24) is 10.6 Å². The summed E-state index contributed by atoms with van der Waals surface area (Å²) in [5.74, 6) is -0.0423. The molecule has 0 aliphatic carbocycles. The van der Waals surface area contributed by atoms with Crippen LogP contribution in [0.1, 0.15) is 0 Å². The normalized spacial score (nSPS) is 10.2. The molecule has 0 aliphatic rings. The molecule has 16 heavy (non-hydrogen) atoms. The van der Waals surface area contributed by atoms with Crippen molar-refractivity contribution in [3.05, 3.63) is 0 Å². The zero-order chi connectivity index (χ0) is 12.2. The highest BCUT2D eigenvalue weighted by Gasteiger charge is 1.96. The topological polar surface area (TPSA) is 98.7 Å². The maximum absolute atomic E-state index is 10.1. The van der Waals surface area contributed by atoms with Crippen molar-refractivity contribution in [1.29, 1.82) is 0 Å². The van der Waals surface area contributed by atoms with Crippen LogP contribution in [0.25, 0.3) is 0 Å². The molecule has 0 spiro atoms. The molecule has 0 amide bonds. The fourth-order valence-corrected chi connectivity index (χ4v) is 2.63. The second kappa shape index (κ2) is 11.1. The molecule has 0 unspecified atom stereocenters. The first kappa shape index (κ1) is 15.6. The summed E-state index contributed by atoms with van der Waals surface area (Å²) in [4.78, 5) is 20.3. The third kappa shape index (κ3) is 13.6. The molecular formula is C8H16N2O4S2. The zero-order valence-electron chi connectivity index (χ0n) is 8.77. The summed E-state index contributed by atoms with van der Waals surface area (Å²) in [5, 5.41) is 22.2. The van der Waals surface area contributed by atoms with Crippen LogP contribution in [-0.2, 0) is 9.59 Å². The van der Waals surface area contributed by atoms with Gasteiger partial charge in [-0.3, -0.25) is 9.59 Å². The van der Waals surface area contributed by atoms with E-state index in [9.17, 15) is 9.59 Å². The lowest BCUT2D eigenvalue weighted by Gasteiger charge is -2.02. The number of carbonyl (C=O) groups is 2. The molecule has 94 valence electrons. The number of hydrogen-bond acceptors (Lipinski definition) is 6. The lowest BCUT2D eigenvalue weighted by molar-refractivity contribution is -0.136. The Bertz CT molecular complexity index is 194. The number of aliphatic carboxylic acids is 2. The van der Waals surface area contributed by atoms with Gasteiger partial charge in [0.15, 0.2) is 0 Å². The Morgan fingerprint density at radius 2 is 1.25 bits per heavy atom. The van der Waals surface area contributed by atoms with Gasteiger partial charge in [0.1, 0.15) is 0 Å². The molecule has 0 aromatic rings. The maximum Gasteiger partial charge on any atom is 0.317 e. The van der Waals surface area contributed by atoms with E-state index in [1.165, 1.54) is 0 Å². The van der Waals surface area contributed by atoms with Crippen LogP contribution in [-0.4, -0.2) is 59.8 Å². The minimum Gasteiger partial charge on any atom is -0.480 e. The van der Waals surface area contributed by atoms with Gasteiger partial charge in [-0.2, -0.15) is 0 Å². The molecule has 0 atom stereocenters. The van der Waals surface area contributed by atoms with Crippen molar-refractivity contribution >= 4 is 33.5 Å². The van der Waals surface area contributed by atoms with Crippen molar-refractivity contribution in [2.45, 2.75) is 0 Å². The van der Waals surface area contributed by atoms with Gasteiger partial charge in [0, 0.05) is 24.6 Å². The van der Waals surface area contributed by atoms with E-state index in [0.29, 0.717) is 13.1 Å². The third-order valence-electron chi connectivity index (χ3n) is 1.36. The maximum atomic E-state index is 10.1. The van der Waals surface area contributed by atoms with E-state index in [-0.39, 0.29) is 13.1 Å². The number of hydrogen-bond donors (Lipinski definition) is 4. The lowest BCUT2D eigenvalue weighted by Crippen LogP contribution is -2.25. The first-order valence-electron chi connectivity index (χ1n) is 4.72. The van der Waals surface area contributed by atoms with Crippen LogP contribution < -0.4 is 10.6 Å². The highest BCUT2D eigenvalue weighted by Crippen LogP contribution is 2.18. The van der Waals surface area contributed by atoms with Crippen molar-refractivity contribution in [2.24, 2.45) is 0 Å². The Morgan fingerprint density at radius 1 is 0.875 bits per heavy atom. The summed E-state index contributed by atoms with van der Waals surface area (Å²) in [6.07, 6.45) is 0. The van der Waals surface area contributed by atoms with E-state index in [1.807, 2.05) is 0 Å². The Balaban J connectivity index is 2.98. The van der Waals surface area contributed by atoms with E-state index >= 15 is 0 Å². The number of rotatable bonds is 11. The Kier molecular flexibility index (Phi) is 10.8. The number of nitrogens with one attached hydrogen (secondary N) is 2. The van der Waals surface area contributed by atoms with Crippen LogP contribution in [0.2, 0.25) is 0 Å². The molecule has 0 radical (unpaired) electrons. The molecule has 8 heteroatoms. The highest BCUT2D eigenvalue weighted by atomic mass is 33.1. The van der Waals surface area contributed by atoms with E-state index in [0.717, 1.165) is 11.5 Å². The zero-order valence-corrected chi connectivity index (χ0v) is 10.4. The summed E-state index contributed by atoms with van der Waals surface area (Å²) in [7, 11) is 3.28. The van der Waals surface area contributed by atoms with Crippen molar-refractivity contribution in [2.75, 3.05) is 37.7 Å². The van der Waals surface area contributed by atoms with Crippen molar-refractivity contribution < 1.29 is 19.8 Å². The summed E-state index contributed by atoms with van der Waals surface area (Å²) in [5.41, 5.74) is 0. The molecule has 6 nitrogen and oxygen atoms in total. The molecule has 4 N–H and O–H groups in total. The molecule has 0 fully saturated rings. The van der Waals surface area contributed by atoms with Gasteiger partial charge < -0.3 is 20.8 Å². The van der Waals surface area contributed by atoms with Crippen LogP contribution in [0.3, 0.4) is 0 Å². The predicted molar refractivity (Wildman–Crippen MR) is 65.9 cm³/mol. The molecule has 0 saturated heterocycles. The first-order valence-corrected chi connectivity index (χ1v) is 7.21. The van der Waals surface area contributed by atoms with Crippen molar-refractivity contribution in [3.63, 3.8) is 0 Å². The van der Waals surface area contributed by atoms with Gasteiger partial charge in [-0.25, -0.2) is 0 Å². The molecular weight excluding hydrogens is 252 g/mol. The molecule has 0 aliphatic heterocycles. The summed E-state index contributed by atoms with van der Waals surface area (Å²) in [6, 6.07) is 0. The van der Waals surface area contributed by atoms with Crippen LogP contribution >= 0.6 is 21.6 Å². The Labute approximate surface area is 102 Å². The smallest absolute Gasteiger partial charge is 0.317 e. The summed E-state index contributed by atoms with van der Waals surface area (Å²) in [6.45, 7) is 1.30. The van der Waals surface area contributed by atoms with Gasteiger partial charge in [0.2, 0.25) is 0 Å². The molecule has 0 saturated carbocycles. The monoisotopic (exact) mass is 268 g/mol. The predicted octanol–water partition coefficient (Wildman–Crippen LogP) is -0.284. The van der Waals surface area contributed by atoms with Gasteiger partial charge in [0.05, 0.1) is 13.1 Å². The highest BCUT2D eigenvalue weighted by molar-refractivity contribution is 8.76. The average molecular weight is 268 g/mol. The van der Waals surface area contributed by atoms with Crippen molar-refractivity contribution in [3.8, 4) is 0 Å². The summed E-state index contributed by atoms with van der Waals surface area (Å²) >= 11 is 0. The number of carboxylic acid groups (broad SMARTS) is 2. The van der Waals surface area contributed by atoms with Gasteiger partial charge >= 0.3 is 11.9 Å². The SMILES string of the molecule is O=C(O)CNCCSSCCNCC(=O)O. The second-order valence-electron chi connectivity index (χ2n) is 2.78. The van der Waals surface area contributed by atoms with E-state index in [1.54, 1.807) is 21.6 Å². The first-order chi connectivity index (χ1) is 7.63. The van der Waals surface area contributed by atoms with Crippen LogP contribution in [0.4, 0.5) is 0 Å². The largest absolute Gasteiger partial charge is 0.480 e. The number of carboxylic acids is 2. The second-order valence-corrected chi connectivity index (χ2v) is 5.49. The van der Waals surface area contributed by atoms with Gasteiger partial charge in [-0.1, -0.05) is 21.6 Å².